The van der Waals surface area contributed by atoms with Crippen LogP contribution in [0.3, 0.4) is 0 Å². The summed E-state index contributed by atoms with van der Waals surface area (Å²) in [6.45, 7) is 0. The number of halogens is 8. The van der Waals surface area contributed by atoms with Gasteiger partial charge in [0.15, 0.2) is 35.8 Å². The van der Waals surface area contributed by atoms with E-state index in [0.29, 0.717) is 6.29 Å². The highest BCUT2D eigenvalue weighted by atomic mass is 35.5. The van der Waals surface area contributed by atoms with E-state index in [9.17, 15) is 35.9 Å². The molecule has 2 aromatic carbocycles. The van der Waals surface area contributed by atoms with Crippen LogP contribution < -0.4 is 0 Å². The first kappa shape index (κ1) is 20.0. The van der Waals surface area contributed by atoms with Crippen molar-refractivity contribution in [3.63, 3.8) is 0 Å². The first-order valence-electron chi connectivity index (χ1n) is 5.72. The summed E-state index contributed by atoms with van der Waals surface area (Å²) < 4.78 is 74.4. The fourth-order valence-corrected chi connectivity index (χ4v) is 1.90. The van der Waals surface area contributed by atoms with Crippen LogP contribution in [0.2, 0.25) is 10.0 Å². The normalized spacial score (nSPS) is 10.0. The van der Waals surface area contributed by atoms with Gasteiger partial charge in [0, 0.05) is 5.02 Å². The molecule has 24 heavy (non-hydrogen) atoms. The Hall–Kier alpha value is -2.06. The molecule has 0 aliphatic carbocycles. The van der Waals surface area contributed by atoms with Gasteiger partial charge in [-0.2, -0.15) is 0 Å². The number of hydrogen-bond donors (Lipinski definition) is 0. The van der Waals surface area contributed by atoms with Crippen molar-refractivity contribution in [3.05, 3.63) is 68.2 Å². The Balaban J connectivity index is 0.000000243. The monoisotopic (exact) mass is 388 g/mol. The summed E-state index contributed by atoms with van der Waals surface area (Å²) in [5, 5.41) is 0.211. The molecule has 0 saturated heterocycles. The molecule has 2 nitrogen and oxygen atoms in total. The van der Waals surface area contributed by atoms with Crippen LogP contribution in [0.5, 0.6) is 0 Å². The minimum Gasteiger partial charge on any atom is -0.298 e. The minimum absolute atomic E-state index is 0.0324. The van der Waals surface area contributed by atoms with Crippen LogP contribution in [-0.4, -0.2) is 12.6 Å². The summed E-state index contributed by atoms with van der Waals surface area (Å²) >= 11 is 10.9. The average Bonchev–Trinajstić information content (AvgIpc) is 2.52. The van der Waals surface area contributed by atoms with Gasteiger partial charge in [0.2, 0.25) is 5.82 Å². The molecule has 0 aromatic heterocycles. The molecule has 0 saturated carbocycles. The zero-order valence-corrected chi connectivity index (χ0v) is 12.7. The van der Waals surface area contributed by atoms with Crippen LogP contribution in [-0.2, 0) is 0 Å². The average molecular weight is 389 g/mol. The van der Waals surface area contributed by atoms with Crippen molar-refractivity contribution in [2.45, 2.75) is 0 Å². The van der Waals surface area contributed by atoms with Crippen molar-refractivity contribution >= 4 is 35.8 Å². The molecule has 2 aromatic rings. The Morgan fingerprint density at radius 3 is 1.46 bits per heavy atom. The van der Waals surface area contributed by atoms with Crippen LogP contribution in [0, 0.1) is 34.9 Å². The fourth-order valence-electron chi connectivity index (χ4n) is 1.39. The third-order valence-corrected chi connectivity index (χ3v) is 3.05. The van der Waals surface area contributed by atoms with E-state index >= 15 is 0 Å². The van der Waals surface area contributed by atoms with E-state index in [0.717, 1.165) is 6.07 Å². The smallest absolute Gasteiger partial charge is 0.200 e. The molecule has 0 atom stereocenters. The van der Waals surface area contributed by atoms with Crippen molar-refractivity contribution in [2.75, 3.05) is 0 Å². The molecule has 0 radical (unpaired) electrons. The zero-order chi connectivity index (χ0) is 18.6. The largest absolute Gasteiger partial charge is 0.298 e. The minimum atomic E-state index is -2.28. The zero-order valence-electron chi connectivity index (χ0n) is 11.1. The standard InChI is InChI=1S/C7H3Cl2FO.C7HF5O/c8-4-1-6(9)5(3-11)7(10)2-4;8-3-2(1-13)4(9)6(11)7(12)5(3)10/h1-3H;1H. The van der Waals surface area contributed by atoms with E-state index in [-0.39, 0.29) is 15.6 Å². The maximum atomic E-state index is 12.7. The molecular formula is C14H4Cl2F6O2. The third kappa shape index (κ3) is 4.07. The van der Waals surface area contributed by atoms with Gasteiger partial charge in [-0.3, -0.25) is 9.59 Å². The molecule has 0 unspecified atom stereocenters. The van der Waals surface area contributed by atoms with Crippen molar-refractivity contribution in [1.82, 2.24) is 0 Å². The predicted octanol–water partition coefficient (Wildman–Crippen LogP) is 5.14. The summed E-state index contributed by atoms with van der Waals surface area (Å²) in [5.74, 6) is -11.5. The van der Waals surface area contributed by atoms with Gasteiger partial charge in [0.1, 0.15) is 5.82 Å². The molecule has 128 valence electrons. The Kier molecular flexibility index (Phi) is 6.80. The third-order valence-electron chi connectivity index (χ3n) is 2.52. The number of carbonyl (C=O) groups excluding carboxylic acids is 2. The second-order valence-corrected chi connectivity index (χ2v) is 4.85. The van der Waals surface area contributed by atoms with E-state index in [1.807, 2.05) is 0 Å². The second kappa shape index (κ2) is 8.16. The molecule has 10 heteroatoms. The summed E-state index contributed by atoms with van der Waals surface area (Å²) in [6, 6.07) is 2.35. The highest BCUT2D eigenvalue weighted by Crippen LogP contribution is 2.23. The second-order valence-electron chi connectivity index (χ2n) is 4.00. The van der Waals surface area contributed by atoms with Crippen molar-refractivity contribution in [2.24, 2.45) is 0 Å². The number of aldehydes is 2. The lowest BCUT2D eigenvalue weighted by Crippen LogP contribution is -2.05. The fraction of sp³-hybridized carbons (Fsp3) is 0. The lowest BCUT2D eigenvalue weighted by atomic mass is 10.2. The number of rotatable bonds is 2. The van der Waals surface area contributed by atoms with Crippen LogP contribution in [0.15, 0.2) is 12.1 Å². The van der Waals surface area contributed by atoms with Crippen LogP contribution >= 0.6 is 23.2 Å². The molecule has 0 aliphatic rings. The summed E-state index contributed by atoms with van der Waals surface area (Å²) in [4.78, 5) is 20.1. The van der Waals surface area contributed by atoms with E-state index in [1.165, 1.54) is 6.07 Å². The maximum Gasteiger partial charge on any atom is 0.200 e. The quantitative estimate of drug-likeness (QED) is 0.309. The summed E-state index contributed by atoms with van der Waals surface area (Å²) in [7, 11) is 0. The van der Waals surface area contributed by atoms with Gasteiger partial charge >= 0.3 is 0 Å². The molecule has 0 amide bonds. The Bertz CT molecular complexity index is 758. The number of hydrogen-bond acceptors (Lipinski definition) is 2. The van der Waals surface area contributed by atoms with E-state index < -0.39 is 46.8 Å². The van der Waals surface area contributed by atoms with Gasteiger partial charge in [-0.25, -0.2) is 26.3 Å². The van der Waals surface area contributed by atoms with Gasteiger partial charge in [0.25, 0.3) is 0 Å². The first-order chi connectivity index (χ1) is 11.1. The van der Waals surface area contributed by atoms with Gasteiger partial charge in [-0.15, -0.1) is 0 Å². The summed E-state index contributed by atoms with van der Waals surface area (Å²) in [5.41, 5.74) is -1.62. The maximum absolute atomic E-state index is 12.7. The lowest BCUT2D eigenvalue weighted by Gasteiger charge is -2.01. The van der Waals surface area contributed by atoms with Crippen LogP contribution in [0.4, 0.5) is 26.3 Å². The van der Waals surface area contributed by atoms with Gasteiger partial charge in [-0.1, -0.05) is 23.2 Å². The van der Waals surface area contributed by atoms with E-state index in [2.05, 4.69) is 0 Å². The topological polar surface area (TPSA) is 34.1 Å². The Morgan fingerprint density at radius 2 is 1.08 bits per heavy atom. The molecule has 0 bridgehead atoms. The van der Waals surface area contributed by atoms with Crippen molar-refractivity contribution in [3.8, 4) is 0 Å². The Labute approximate surface area is 140 Å². The van der Waals surface area contributed by atoms with Crippen molar-refractivity contribution < 1.29 is 35.9 Å². The molecule has 2 rings (SSSR count). The Morgan fingerprint density at radius 1 is 0.667 bits per heavy atom. The highest BCUT2D eigenvalue weighted by molar-refractivity contribution is 6.36. The number of benzene rings is 2. The lowest BCUT2D eigenvalue weighted by molar-refractivity contribution is 0.110. The number of carbonyl (C=O) groups is 2. The molecule has 0 spiro atoms. The van der Waals surface area contributed by atoms with Gasteiger partial charge in [0.05, 0.1) is 16.1 Å². The van der Waals surface area contributed by atoms with E-state index in [4.69, 9.17) is 23.2 Å². The predicted molar refractivity (Wildman–Crippen MR) is 73.4 cm³/mol. The molecule has 0 N–H and O–H groups in total. The molecule has 0 fully saturated rings. The van der Waals surface area contributed by atoms with Crippen LogP contribution in [0.25, 0.3) is 0 Å². The van der Waals surface area contributed by atoms with Gasteiger partial charge < -0.3 is 0 Å². The van der Waals surface area contributed by atoms with Crippen LogP contribution in [0.1, 0.15) is 20.7 Å². The first-order valence-corrected chi connectivity index (χ1v) is 6.47. The van der Waals surface area contributed by atoms with E-state index in [1.54, 1.807) is 0 Å². The SMILES string of the molecule is O=Cc1c(F)c(F)c(F)c(F)c1F.O=Cc1c(F)cc(Cl)cc1Cl. The molecular weight excluding hydrogens is 385 g/mol. The molecule has 0 aliphatic heterocycles. The van der Waals surface area contributed by atoms with Crippen molar-refractivity contribution in [1.29, 1.82) is 0 Å². The summed E-state index contributed by atoms with van der Waals surface area (Å²) in [6.07, 6.45) is -0.0791. The molecule has 0 heterocycles. The van der Waals surface area contributed by atoms with Gasteiger partial charge in [-0.05, 0) is 12.1 Å². The highest BCUT2D eigenvalue weighted by Gasteiger charge is 2.24.